The van der Waals surface area contributed by atoms with Crippen molar-refractivity contribution < 1.29 is 22.7 Å². The number of pyridine rings is 1. The normalized spacial score (nSPS) is 16.4. The minimum atomic E-state index is -4.75. The van der Waals surface area contributed by atoms with Gasteiger partial charge in [-0.2, -0.15) is 0 Å². The SMILES string of the molecule is CCC1CN(c2ccc([C@H](C)NC(=O)CCc3nc4cccnc4n3Cc3ccc(OC(F)(F)F)cc3)cc2)CCN1. The number of alkyl halides is 3. The number of hydrogen-bond donors (Lipinski definition) is 2. The van der Waals surface area contributed by atoms with E-state index in [1.807, 2.05) is 17.6 Å². The molecule has 1 amide bonds. The van der Waals surface area contributed by atoms with Gasteiger partial charge in [0.05, 0.1) is 12.6 Å². The van der Waals surface area contributed by atoms with Gasteiger partial charge in [0.1, 0.15) is 17.1 Å². The fraction of sp³-hybridized carbons (Fsp3) is 0.387. The Morgan fingerprint density at radius 2 is 1.90 bits per heavy atom. The Balaban J connectivity index is 1.21. The Bertz CT molecular complexity index is 1490. The zero-order valence-electron chi connectivity index (χ0n) is 23.7. The summed E-state index contributed by atoms with van der Waals surface area (Å²) in [6, 6.07) is 18.1. The predicted octanol–water partition coefficient (Wildman–Crippen LogP) is 5.38. The average Bonchev–Trinajstić information content (AvgIpc) is 3.33. The molecule has 42 heavy (non-hydrogen) atoms. The van der Waals surface area contributed by atoms with E-state index >= 15 is 0 Å². The number of nitrogens with zero attached hydrogens (tertiary/aromatic N) is 4. The number of aromatic nitrogens is 3. The van der Waals surface area contributed by atoms with Gasteiger partial charge in [0.25, 0.3) is 0 Å². The Morgan fingerprint density at radius 3 is 2.62 bits per heavy atom. The van der Waals surface area contributed by atoms with Gasteiger partial charge in [0, 0.05) is 50.4 Å². The van der Waals surface area contributed by atoms with Crippen LogP contribution in [0.3, 0.4) is 0 Å². The number of benzene rings is 2. The van der Waals surface area contributed by atoms with Crippen molar-refractivity contribution in [2.75, 3.05) is 24.5 Å². The zero-order chi connectivity index (χ0) is 29.7. The molecule has 0 spiro atoms. The lowest BCUT2D eigenvalue weighted by atomic mass is 10.1. The second kappa shape index (κ2) is 12.8. The van der Waals surface area contributed by atoms with Crippen LogP contribution in [0.15, 0.2) is 66.9 Å². The summed E-state index contributed by atoms with van der Waals surface area (Å²) in [5.74, 6) is 0.294. The first-order chi connectivity index (χ1) is 20.2. The highest BCUT2D eigenvalue weighted by molar-refractivity contribution is 5.77. The number of rotatable bonds is 10. The van der Waals surface area contributed by atoms with Crippen LogP contribution in [0, 0.1) is 0 Å². The van der Waals surface area contributed by atoms with E-state index in [-0.39, 0.29) is 24.1 Å². The molecule has 1 unspecified atom stereocenters. The molecule has 2 atom stereocenters. The molecule has 0 radical (unpaired) electrons. The van der Waals surface area contributed by atoms with Crippen molar-refractivity contribution in [1.82, 2.24) is 25.2 Å². The number of anilines is 1. The number of carbonyl (C=O) groups is 1. The van der Waals surface area contributed by atoms with E-state index in [2.05, 4.69) is 61.4 Å². The quantitative estimate of drug-likeness (QED) is 0.262. The van der Waals surface area contributed by atoms with Crippen molar-refractivity contribution in [3.8, 4) is 5.75 Å². The molecule has 11 heteroatoms. The number of hydrogen-bond acceptors (Lipinski definition) is 6. The van der Waals surface area contributed by atoms with Crippen molar-refractivity contribution in [3.63, 3.8) is 0 Å². The Hall–Kier alpha value is -4.12. The third-order valence-corrected chi connectivity index (χ3v) is 7.54. The number of piperazine rings is 1. The summed E-state index contributed by atoms with van der Waals surface area (Å²) in [6.07, 6.45) is -1.38. The fourth-order valence-corrected chi connectivity index (χ4v) is 5.27. The summed E-state index contributed by atoms with van der Waals surface area (Å²) in [5.41, 5.74) is 4.30. The first-order valence-corrected chi connectivity index (χ1v) is 14.2. The van der Waals surface area contributed by atoms with Gasteiger partial charge in [0.2, 0.25) is 5.91 Å². The minimum absolute atomic E-state index is 0.0975. The first-order valence-electron chi connectivity index (χ1n) is 14.2. The van der Waals surface area contributed by atoms with Gasteiger partial charge in [-0.05, 0) is 60.9 Å². The standard InChI is InChI=1S/C31H35F3N6O2/c1-3-24-20-39(18-17-35-24)25-10-8-23(9-11-25)21(2)37-29(41)15-14-28-38-27-5-4-16-36-30(27)40(28)19-22-6-12-26(13-7-22)42-31(32,33)34/h4-13,16,21,24,35H,3,14-15,17-20H2,1-2H3,(H,37,41)/t21-,24?/m0/s1. The molecule has 3 heterocycles. The highest BCUT2D eigenvalue weighted by atomic mass is 19.4. The van der Waals surface area contributed by atoms with Crippen molar-refractivity contribution >= 4 is 22.8 Å². The number of aryl methyl sites for hydroxylation is 1. The van der Waals surface area contributed by atoms with Gasteiger partial charge in [-0.15, -0.1) is 13.2 Å². The molecule has 1 saturated heterocycles. The molecule has 2 N–H and O–H groups in total. The van der Waals surface area contributed by atoms with Gasteiger partial charge in [-0.25, -0.2) is 9.97 Å². The van der Waals surface area contributed by atoms with Crippen molar-refractivity contribution in [1.29, 1.82) is 0 Å². The topological polar surface area (TPSA) is 84.3 Å². The Kier molecular flexibility index (Phi) is 8.96. The molecule has 5 rings (SSSR count). The van der Waals surface area contributed by atoms with Crippen LogP contribution in [0.2, 0.25) is 0 Å². The fourth-order valence-electron chi connectivity index (χ4n) is 5.27. The lowest BCUT2D eigenvalue weighted by Gasteiger charge is -2.35. The monoisotopic (exact) mass is 580 g/mol. The zero-order valence-corrected chi connectivity index (χ0v) is 23.7. The third kappa shape index (κ3) is 7.39. The van der Waals surface area contributed by atoms with Crippen LogP contribution in [0.1, 0.15) is 49.7 Å². The van der Waals surface area contributed by atoms with Gasteiger partial charge in [-0.3, -0.25) is 4.79 Å². The van der Waals surface area contributed by atoms with E-state index in [0.29, 0.717) is 36.0 Å². The number of ether oxygens (including phenoxy) is 1. The number of imidazole rings is 1. The molecular formula is C31H35F3N6O2. The van der Waals surface area contributed by atoms with Gasteiger partial charge < -0.3 is 24.8 Å². The number of amides is 1. The molecule has 2 aromatic carbocycles. The lowest BCUT2D eigenvalue weighted by Crippen LogP contribution is -2.50. The van der Waals surface area contributed by atoms with Crippen molar-refractivity contribution in [2.24, 2.45) is 0 Å². The van der Waals surface area contributed by atoms with E-state index in [4.69, 9.17) is 0 Å². The molecule has 0 saturated carbocycles. The Labute approximate surface area is 242 Å². The van der Waals surface area contributed by atoms with Gasteiger partial charge in [0.15, 0.2) is 5.65 Å². The highest BCUT2D eigenvalue weighted by Gasteiger charge is 2.31. The third-order valence-electron chi connectivity index (χ3n) is 7.54. The maximum absolute atomic E-state index is 12.9. The smallest absolute Gasteiger partial charge is 0.406 e. The van der Waals surface area contributed by atoms with Gasteiger partial charge >= 0.3 is 6.36 Å². The van der Waals surface area contributed by atoms with Crippen LogP contribution in [0.25, 0.3) is 11.2 Å². The number of carbonyl (C=O) groups excluding carboxylic acids is 1. The molecule has 1 fully saturated rings. The molecule has 1 aliphatic heterocycles. The number of nitrogens with one attached hydrogen (secondary N) is 2. The summed E-state index contributed by atoms with van der Waals surface area (Å²) >= 11 is 0. The first kappa shape index (κ1) is 29.4. The summed E-state index contributed by atoms with van der Waals surface area (Å²) in [7, 11) is 0. The molecule has 4 aromatic rings. The van der Waals surface area contributed by atoms with Crippen LogP contribution < -0.4 is 20.3 Å². The maximum Gasteiger partial charge on any atom is 0.573 e. The second-order valence-corrected chi connectivity index (χ2v) is 10.5. The molecule has 1 aliphatic rings. The summed E-state index contributed by atoms with van der Waals surface area (Å²) in [4.78, 5) is 24.5. The molecule has 0 bridgehead atoms. The summed E-state index contributed by atoms with van der Waals surface area (Å²) < 4.78 is 43.5. The molecule has 2 aromatic heterocycles. The summed E-state index contributed by atoms with van der Waals surface area (Å²) in [6.45, 7) is 7.43. The van der Waals surface area contributed by atoms with Gasteiger partial charge in [-0.1, -0.05) is 31.2 Å². The highest BCUT2D eigenvalue weighted by Crippen LogP contribution is 2.25. The number of fused-ring (bicyclic) bond motifs is 1. The van der Waals surface area contributed by atoms with Crippen molar-refractivity contribution in [2.45, 2.75) is 58.1 Å². The van der Waals surface area contributed by atoms with Crippen LogP contribution in [0.4, 0.5) is 18.9 Å². The van der Waals surface area contributed by atoms with E-state index in [0.717, 1.165) is 37.2 Å². The Morgan fingerprint density at radius 1 is 1.14 bits per heavy atom. The van der Waals surface area contributed by atoms with Crippen LogP contribution in [-0.4, -0.2) is 52.5 Å². The number of halogens is 3. The van der Waals surface area contributed by atoms with Crippen LogP contribution in [-0.2, 0) is 17.8 Å². The largest absolute Gasteiger partial charge is 0.573 e. The lowest BCUT2D eigenvalue weighted by molar-refractivity contribution is -0.274. The van der Waals surface area contributed by atoms with E-state index in [9.17, 15) is 18.0 Å². The van der Waals surface area contributed by atoms with Crippen molar-refractivity contribution in [3.05, 3.63) is 83.8 Å². The maximum atomic E-state index is 12.9. The van der Waals surface area contributed by atoms with E-state index < -0.39 is 6.36 Å². The molecule has 8 nitrogen and oxygen atoms in total. The summed E-state index contributed by atoms with van der Waals surface area (Å²) in [5, 5.41) is 6.63. The molecule has 0 aliphatic carbocycles. The predicted molar refractivity (Wildman–Crippen MR) is 155 cm³/mol. The van der Waals surface area contributed by atoms with E-state index in [1.165, 1.54) is 17.8 Å². The molecular weight excluding hydrogens is 545 g/mol. The van der Waals surface area contributed by atoms with E-state index in [1.54, 1.807) is 24.4 Å². The van der Waals surface area contributed by atoms with Crippen LogP contribution >= 0.6 is 0 Å². The second-order valence-electron chi connectivity index (χ2n) is 10.5. The average molecular weight is 581 g/mol. The molecule has 222 valence electrons. The van der Waals surface area contributed by atoms with Crippen LogP contribution in [0.5, 0.6) is 5.75 Å². The minimum Gasteiger partial charge on any atom is -0.406 e.